The van der Waals surface area contributed by atoms with Gasteiger partial charge in [-0.05, 0) is 326 Å². The Kier molecular flexibility index (Phi) is 24.5. The van der Waals surface area contributed by atoms with Crippen molar-refractivity contribution in [3.63, 3.8) is 0 Å². The normalized spacial score (nSPS) is 13.3. The summed E-state index contributed by atoms with van der Waals surface area (Å²) < 4.78 is 145. The number of ether oxygens (including phenoxy) is 12. The van der Waals surface area contributed by atoms with Gasteiger partial charge in [-0.3, -0.25) is 28.3 Å². The van der Waals surface area contributed by atoms with Crippen molar-refractivity contribution in [3.05, 3.63) is 449 Å². The lowest BCUT2D eigenvalue weighted by molar-refractivity contribution is -0.130. The third kappa shape index (κ3) is 19.4. The highest BCUT2D eigenvalue weighted by Crippen LogP contribution is 2.44. The SMILES string of the molecule is COc1ccc(C(=O)c2ccc(Oc3ccc(-c4ccc(Oc5ccc(C(=O)c6ccc(Oc7ccc(C8(c9ccc(Oc%10ccc(C(=O)c%11ccc(Oc%12ccc(-c%13ccc(Oc%14ccc(C(=O)c%15ccc(Oc%16ccc(C%17(c%18ccccc%18)OCCO%17)cc%16)cc%15)cc%14S(=O)(=O)O)cc%13)cc%12)cc%11)cc%10)cc9)OCCO8)cc7)cc6)cc5S(=O)(=O)O)cc4)cc3)cc2)cc1. The number of rotatable bonds is 31. The molecule has 0 aromatic heterocycles. The molecule has 2 aliphatic heterocycles. The van der Waals surface area contributed by atoms with Crippen LogP contribution in [-0.4, -0.2) is 82.6 Å². The lowest BCUT2D eigenvalue weighted by atomic mass is 9.97. The minimum Gasteiger partial charge on any atom is -0.497 e. The molecule has 0 radical (unpaired) electrons. The van der Waals surface area contributed by atoms with Crippen LogP contribution >= 0.6 is 0 Å². The van der Waals surface area contributed by atoms with Crippen molar-refractivity contribution in [3.8, 4) is 108 Å². The van der Waals surface area contributed by atoms with Crippen LogP contribution in [0.5, 0.6) is 86.2 Å². The monoisotopic (exact) mass is 1780 g/mol. The Hall–Kier alpha value is -15.7. The molecule has 0 bridgehead atoms. The van der Waals surface area contributed by atoms with Gasteiger partial charge in [-0.25, -0.2) is 0 Å². The van der Waals surface area contributed by atoms with Crippen molar-refractivity contribution < 1.29 is 102 Å². The van der Waals surface area contributed by atoms with Gasteiger partial charge in [-0.15, -0.1) is 0 Å². The van der Waals surface area contributed by atoms with Gasteiger partial charge in [0.05, 0.1) is 33.5 Å². The standard InChI is InChI=1S/C107H76O22S2/c1-118-85-35-15-73(16-36-85)102(108)74-17-45-88(46-18-74)123-86-37-7-69(8-38-86)71-11-41-96(42-12-71)129-99-62-28-80(68-101(99)131(115,116)117)105(111)78-25-53-92(54-26-78)127-95-59-33-84(34-60-95)107(121-65-66-122-107)83-31-57-94(58-32-83)125-90-49-21-76(22-50-90)103(109)75-19-47-89(48-20-75)124-87-39-9-70(10-40-87)72-13-43-97(44-14-72)128-98-61-27-79(67-100(98)130(112,113)114)104(110)77-23-51-91(52-24-77)126-93-55-29-82(30-56-93)106(119-63-64-120-106)81-5-3-2-4-6-81/h2-62,67-68H,63-66H2,1H3,(H,112,113,114)(H,115,116,117). The highest BCUT2D eigenvalue weighted by atomic mass is 32.2. The number of hydrogen-bond donors (Lipinski definition) is 2. The summed E-state index contributed by atoms with van der Waals surface area (Å²) in [6.45, 7) is 1.57. The summed E-state index contributed by atoms with van der Waals surface area (Å²) >= 11 is 0. The van der Waals surface area contributed by atoms with E-state index in [0.29, 0.717) is 123 Å². The van der Waals surface area contributed by atoms with Crippen LogP contribution in [0, 0.1) is 0 Å². The van der Waals surface area contributed by atoms with E-state index in [1.54, 1.807) is 250 Å². The topological polar surface area (TPSA) is 288 Å². The average Bonchev–Trinajstić information content (AvgIpc) is 1.66. The number of carbonyl (C=O) groups excluding carboxylic acids is 4. The van der Waals surface area contributed by atoms with Crippen molar-refractivity contribution in [2.45, 2.75) is 21.4 Å². The van der Waals surface area contributed by atoms with Gasteiger partial charge >= 0.3 is 0 Å². The van der Waals surface area contributed by atoms with E-state index >= 15 is 0 Å². The highest BCUT2D eigenvalue weighted by Gasteiger charge is 2.42. The smallest absolute Gasteiger partial charge is 0.298 e. The van der Waals surface area contributed by atoms with Crippen LogP contribution in [0.25, 0.3) is 22.3 Å². The molecule has 16 aromatic rings. The lowest BCUT2D eigenvalue weighted by Crippen LogP contribution is -2.28. The van der Waals surface area contributed by atoms with E-state index in [9.17, 15) is 45.1 Å². The fraction of sp³-hybridized carbons (Fsp3) is 0.0654. The number of benzene rings is 16. The van der Waals surface area contributed by atoms with Crippen LogP contribution in [0.4, 0.5) is 0 Å². The van der Waals surface area contributed by atoms with E-state index in [0.717, 1.165) is 45.5 Å². The second-order valence-electron chi connectivity index (χ2n) is 30.3. The number of hydrogen-bond acceptors (Lipinski definition) is 20. The minimum absolute atomic E-state index is 0.00473. The van der Waals surface area contributed by atoms with Gasteiger partial charge in [0.25, 0.3) is 20.2 Å². The lowest BCUT2D eigenvalue weighted by Gasteiger charge is -2.28. The number of ketones is 4. The van der Waals surface area contributed by atoms with Crippen LogP contribution in [0.15, 0.2) is 392 Å². The third-order valence-electron chi connectivity index (χ3n) is 21.9. The van der Waals surface area contributed by atoms with Gasteiger partial charge in [0.15, 0.2) is 23.1 Å². The molecular weight excluding hydrogens is 1700 g/mol. The first-order chi connectivity index (χ1) is 63.6. The van der Waals surface area contributed by atoms with Gasteiger partial charge in [0.2, 0.25) is 11.6 Å². The van der Waals surface area contributed by atoms with Crippen LogP contribution < -0.4 is 37.9 Å². The molecule has 2 fully saturated rings. The fourth-order valence-electron chi connectivity index (χ4n) is 15.2. The van der Waals surface area contributed by atoms with Crippen molar-refractivity contribution >= 4 is 43.4 Å². The first-order valence-corrected chi connectivity index (χ1v) is 44.1. The van der Waals surface area contributed by atoms with Gasteiger partial charge in [0, 0.05) is 66.8 Å². The van der Waals surface area contributed by atoms with E-state index < -0.39 is 53.2 Å². The zero-order chi connectivity index (χ0) is 90.2. The summed E-state index contributed by atoms with van der Waals surface area (Å²) in [6, 6.07) is 108. The fourth-order valence-corrected chi connectivity index (χ4v) is 16.4. The van der Waals surface area contributed by atoms with Crippen molar-refractivity contribution in [1.82, 2.24) is 0 Å². The molecule has 0 amide bonds. The Labute approximate surface area is 753 Å². The summed E-state index contributed by atoms with van der Waals surface area (Å²) in [5.74, 6) is 2.30. The molecule has 2 N–H and O–H groups in total. The molecule has 0 saturated carbocycles. The van der Waals surface area contributed by atoms with E-state index in [1.807, 2.05) is 103 Å². The molecular formula is C107H76O22S2. The average molecular weight is 1780 g/mol. The first kappa shape index (κ1) is 86.0. The summed E-state index contributed by atoms with van der Waals surface area (Å²) in [5, 5.41) is 0. The zero-order valence-electron chi connectivity index (χ0n) is 69.6. The van der Waals surface area contributed by atoms with E-state index in [-0.39, 0.29) is 56.8 Å². The zero-order valence-corrected chi connectivity index (χ0v) is 71.2. The molecule has 16 aromatic carbocycles. The second-order valence-corrected chi connectivity index (χ2v) is 33.1. The predicted octanol–water partition coefficient (Wildman–Crippen LogP) is 23.5. The first-order valence-electron chi connectivity index (χ1n) is 41.3. The summed E-state index contributed by atoms with van der Waals surface area (Å²) in [6.07, 6.45) is 0. The maximum atomic E-state index is 13.9. The molecule has 0 atom stereocenters. The Balaban J connectivity index is 0.437. The quantitative estimate of drug-likeness (QED) is 0.0301. The van der Waals surface area contributed by atoms with E-state index in [4.69, 9.17) is 56.8 Å². The molecule has 24 heteroatoms. The Morgan fingerprint density at radius 1 is 0.237 bits per heavy atom. The molecule has 22 nitrogen and oxygen atoms in total. The van der Waals surface area contributed by atoms with Gasteiger partial charge in [0.1, 0.15) is 96.0 Å². The molecule has 0 unspecified atom stereocenters. The van der Waals surface area contributed by atoms with E-state index in [1.165, 1.54) is 24.3 Å². The number of carbonyl (C=O) groups is 4. The maximum Gasteiger partial charge on any atom is 0.298 e. The summed E-state index contributed by atoms with van der Waals surface area (Å²) in [7, 11) is -8.17. The van der Waals surface area contributed by atoms with Gasteiger partial charge in [-0.1, -0.05) is 78.9 Å². The number of methoxy groups -OCH3 is 1. The van der Waals surface area contributed by atoms with E-state index in [2.05, 4.69) is 0 Å². The maximum absolute atomic E-state index is 13.9. The summed E-state index contributed by atoms with van der Waals surface area (Å²) in [5.41, 5.74) is 8.83. The van der Waals surface area contributed by atoms with Gasteiger partial charge in [-0.2, -0.15) is 16.8 Å². The molecule has 2 saturated heterocycles. The molecule has 648 valence electrons. The van der Waals surface area contributed by atoms with Crippen molar-refractivity contribution in [2.75, 3.05) is 33.5 Å². The highest BCUT2D eigenvalue weighted by molar-refractivity contribution is 7.86. The van der Waals surface area contributed by atoms with Crippen molar-refractivity contribution in [2.24, 2.45) is 0 Å². The predicted molar refractivity (Wildman–Crippen MR) is 487 cm³/mol. The largest absolute Gasteiger partial charge is 0.497 e. The minimum atomic E-state index is -4.88. The van der Waals surface area contributed by atoms with Crippen LogP contribution in [0.3, 0.4) is 0 Å². The van der Waals surface area contributed by atoms with Gasteiger partial charge < -0.3 is 56.8 Å². The molecule has 2 aliphatic rings. The molecule has 0 aliphatic carbocycles. The molecule has 0 spiro atoms. The van der Waals surface area contributed by atoms with Crippen molar-refractivity contribution in [1.29, 1.82) is 0 Å². The second kappa shape index (κ2) is 37.3. The summed E-state index contributed by atoms with van der Waals surface area (Å²) in [4.78, 5) is 53.1. The molecule has 131 heavy (non-hydrogen) atoms. The third-order valence-corrected chi connectivity index (χ3v) is 23.6. The Morgan fingerprint density at radius 3 is 0.656 bits per heavy atom. The van der Waals surface area contributed by atoms with Crippen LogP contribution in [0.1, 0.15) is 85.9 Å². The molecule has 2 heterocycles. The Morgan fingerprint density at radius 2 is 0.427 bits per heavy atom. The molecule has 18 rings (SSSR count). The van der Waals surface area contributed by atoms with Crippen LogP contribution in [-0.2, 0) is 50.8 Å². The Bertz CT molecular complexity index is 7100. The van der Waals surface area contributed by atoms with Crippen LogP contribution in [0.2, 0.25) is 0 Å².